The van der Waals surface area contributed by atoms with Crippen molar-refractivity contribution in [2.75, 3.05) is 13.1 Å². The maximum atomic E-state index is 12.2. The van der Waals surface area contributed by atoms with E-state index in [-0.39, 0.29) is 11.3 Å². The zero-order valence-electron chi connectivity index (χ0n) is 12.4. The maximum Gasteiger partial charge on any atom is 0.251 e. The van der Waals surface area contributed by atoms with E-state index in [0.717, 1.165) is 16.6 Å². The molecule has 20 heavy (non-hydrogen) atoms. The highest BCUT2D eigenvalue weighted by atomic mass is 79.9. The third-order valence-electron chi connectivity index (χ3n) is 4.10. The molecule has 1 unspecified atom stereocenters. The fourth-order valence-corrected chi connectivity index (χ4v) is 3.39. The van der Waals surface area contributed by atoms with Crippen molar-refractivity contribution in [2.45, 2.75) is 39.7 Å². The van der Waals surface area contributed by atoms with Crippen LogP contribution in [0.2, 0.25) is 0 Å². The minimum atomic E-state index is -0.00225. The van der Waals surface area contributed by atoms with Crippen LogP contribution in [0.1, 0.15) is 42.6 Å². The number of hydrogen-bond acceptors (Lipinski definition) is 2. The van der Waals surface area contributed by atoms with Gasteiger partial charge in [-0.1, -0.05) is 29.8 Å². The van der Waals surface area contributed by atoms with E-state index in [2.05, 4.69) is 40.4 Å². The molecule has 1 saturated heterocycles. The van der Waals surface area contributed by atoms with Gasteiger partial charge in [0.05, 0.1) is 0 Å². The van der Waals surface area contributed by atoms with Crippen molar-refractivity contribution in [3.8, 4) is 0 Å². The highest BCUT2D eigenvalue weighted by Crippen LogP contribution is 2.29. The minimum absolute atomic E-state index is 0.00225. The van der Waals surface area contributed by atoms with Crippen LogP contribution in [-0.2, 0) is 0 Å². The maximum absolute atomic E-state index is 12.2. The van der Waals surface area contributed by atoms with Gasteiger partial charge in [0, 0.05) is 22.6 Å². The summed E-state index contributed by atoms with van der Waals surface area (Å²) in [5.41, 5.74) is 2.03. The lowest BCUT2D eigenvalue weighted by atomic mass is 9.77. The summed E-state index contributed by atoms with van der Waals surface area (Å²) in [7, 11) is 0. The molecule has 0 radical (unpaired) electrons. The molecular weight excluding hydrogens is 316 g/mol. The number of halogens is 1. The van der Waals surface area contributed by atoms with Gasteiger partial charge in [-0.05, 0) is 55.5 Å². The van der Waals surface area contributed by atoms with E-state index >= 15 is 0 Å². The van der Waals surface area contributed by atoms with E-state index in [0.29, 0.717) is 18.2 Å². The highest BCUT2D eigenvalue weighted by molar-refractivity contribution is 9.10. The molecule has 0 aliphatic carbocycles. The molecule has 1 aliphatic heterocycles. The lowest BCUT2D eigenvalue weighted by Gasteiger charge is -2.39. The zero-order valence-corrected chi connectivity index (χ0v) is 14.0. The molecule has 0 bridgehead atoms. The van der Waals surface area contributed by atoms with Gasteiger partial charge in [0.25, 0.3) is 5.91 Å². The van der Waals surface area contributed by atoms with Gasteiger partial charge in [0.2, 0.25) is 0 Å². The summed E-state index contributed by atoms with van der Waals surface area (Å²) in [6.07, 6.45) is 2.42. The SMILES string of the molecule is Cc1cc(Br)cc(C(=O)NCC2NCCCC2(C)C)c1. The van der Waals surface area contributed by atoms with Gasteiger partial charge >= 0.3 is 0 Å². The molecule has 3 nitrogen and oxygen atoms in total. The second-order valence-electron chi connectivity index (χ2n) is 6.33. The van der Waals surface area contributed by atoms with Crippen molar-refractivity contribution >= 4 is 21.8 Å². The van der Waals surface area contributed by atoms with Crippen molar-refractivity contribution in [2.24, 2.45) is 5.41 Å². The molecule has 4 heteroatoms. The Labute approximate surface area is 129 Å². The van der Waals surface area contributed by atoms with Crippen LogP contribution in [0.4, 0.5) is 0 Å². The lowest BCUT2D eigenvalue weighted by molar-refractivity contribution is 0.0928. The summed E-state index contributed by atoms with van der Waals surface area (Å²) in [6.45, 7) is 8.24. The molecule has 0 saturated carbocycles. The number of aryl methyl sites for hydroxylation is 1. The third-order valence-corrected chi connectivity index (χ3v) is 4.56. The average molecular weight is 339 g/mol. The van der Waals surface area contributed by atoms with Gasteiger partial charge in [-0.2, -0.15) is 0 Å². The Bertz CT molecular complexity index is 479. The first-order valence-corrected chi connectivity index (χ1v) is 7.96. The average Bonchev–Trinajstić information content (AvgIpc) is 2.35. The fraction of sp³-hybridized carbons (Fsp3) is 0.562. The van der Waals surface area contributed by atoms with Crippen LogP contribution in [0, 0.1) is 12.3 Å². The summed E-state index contributed by atoms with van der Waals surface area (Å²) in [5, 5.41) is 6.57. The fourth-order valence-electron chi connectivity index (χ4n) is 2.78. The standard InChI is InChI=1S/C16H23BrN2O/c1-11-7-12(9-13(17)8-11)15(20)19-10-14-16(2,3)5-4-6-18-14/h7-9,14,18H,4-6,10H2,1-3H3,(H,19,20). The number of carbonyl (C=O) groups excluding carboxylic acids is 1. The summed E-state index contributed by atoms with van der Waals surface area (Å²) in [6, 6.07) is 6.12. The van der Waals surface area contributed by atoms with Gasteiger partial charge < -0.3 is 10.6 Å². The van der Waals surface area contributed by atoms with E-state index in [1.807, 2.05) is 25.1 Å². The second kappa shape index (κ2) is 6.27. The van der Waals surface area contributed by atoms with Gasteiger partial charge in [-0.25, -0.2) is 0 Å². The first kappa shape index (κ1) is 15.5. The normalized spacial score (nSPS) is 21.5. The van der Waals surface area contributed by atoms with Crippen LogP contribution >= 0.6 is 15.9 Å². The van der Waals surface area contributed by atoms with Crippen LogP contribution in [0.3, 0.4) is 0 Å². The predicted octanol–water partition coefficient (Wildman–Crippen LogP) is 3.27. The smallest absolute Gasteiger partial charge is 0.251 e. The number of rotatable bonds is 3. The molecule has 1 heterocycles. The van der Waals surface area contributed by atoms with Crippen molar-refractivity contribution < 1.29 is 4.79 Å². The molecule has 0 aromatic heterocycles. The Kier molecular flexibility index (Phi) is 4.86. The number of hydrogen-bond donors (Lipinski definition) is 2. The molecule has 1 amide bonds. The Morgan fingerprint density at radius 1 is 1.45 bits per heavy atom. The number of piperidine rings is 1. The molecular formula is C16H23BrN2O. The minimum Gasteiger partial charge on any atom is -0.350 e. The van der Waals surface area contributed by atoms with E-state index in [4.69, 9.17) is 0 Å². The molecule has 0 spiro atoms. The van der Waals surface area contributed by atoms with Gasteiger partial charge in [0.15, 0.2) is 0 Å². The lowest BCUT2D eigenvalue weighted by Crippen LogP contribution is -2.52. The Hall–Kier alpha value is -0.870. The third kappa shape index (κ3) is 3.83. The quantitative estimate of drug-likeness (QED) is 0.887. The predicted molar refractivity (Wildman–Crippen MR) is 86.0 cm³/mol. The molecule has 2 rings (SSSR count). The Balaban J connectivity index is 1.98. The first-order chi connectivity index (χ1) is 9.38. The largest absolute Gasteiger partial charge is 0.350 e. The van der Waals surface area contributed by atoms with E-state index in [1.165, 1.54) is 12.8 Å². The van der Waals surface area contributed by atoms with Crippen molar-refractivity contribution in [3.63, 3.8) is 0 Å². The molecule has 1 aromatic carbocycles. The van der Waals surface area contributed by atoms with Crippen molar-refractivity contribution in [3.05, 3.63) is 33.8 Å². The first-order valence-electron chi connectivity index (χ1n) is 7.17. The zero-order chi connectivity index (χ0) is 14.8. The summed E-state index contributed by atoms with van der Waals surface area (Å²) in [4.78, 5) is 12.2. The van der Waals surface area contributed by atoms with Crippen LogP contribution in [0.5, 0.6) is 0 Å². The monoisotopic (exact) mass is 338 g/mol. The summed E-state index contributed by atoms with van der Waals surface area (Å²) >= 11 is 3.43. The van der Waals surface area contributed by atoms with Crippen molar-refractivity contribution in [1.82, 2.24) is 10.6 Å². The van der Waals surface area contributed by atoms with Crippen LogP contribution in [-0.4, -0.2) is 25.0 Å². The summed E-state index contributed by atoms with van der Waals surface area (Å²) in [5.74, 6) is -0.00225. The topological polar surface area (TPSA) is 41.1 Å². The number of carbonyl (C=O) groups is 1. The second-order valence-corrected chi connectivity index (χ2v) is 7.24. The Morgan fingerprint density at radius 3 is 2.85 bits per heavy atom. The van der Waals surface area contributed by atoms with Crippen molar-refractivity contribution in [1.29, 1.82) is 0 Å². The van der Waals surface area contributed by atoms with Gasteiger partial charge in [-0.15, -0.1) is 0 Å². The molecule has 1 aliphatic rings. The molecule has 1 aromatic rings. The van der Waals surface area contributed by atoms with Crippen LogP contribution < -0.4 is 10.6 Å². The van der Waals surface area contributed by atoms with E-state index in [1.54, 1.807) is 0 Å². The Morgan fingerprint density at radius 2 is 2.20 bits per heavy atom. The molecule has 110 valence electrons. The summed E-state index contributed by atoms with van der Waals surface area (Å²) < 4.78 is 0.943. The van der Waals surface area contributed by atoms with E-state index in [9.17, 15) is 4.79 Å². The highest BCUT2D eigenvalue weighted by Gasteiger charge is 2.31. The molecule has 1 fully saturated rings. The van der Waals surface area contributed by atoms with Gasteiger partial charge in [0.1, 0.15) is 0 Å². The van der Waals surface area contributed by atoms with Crippen LogP contribution in [0.25, 0.3) is 0 Å². The molecule has 2 N–H and O–H groups in total. The number of nitrogens with one attached hydrogen (secondary N) is 2. The van der Waals surface area contributed by atoms with Gasteiger partial charge in [-0.3, -0.25) is 4.79 Å². The molecule has 1 atom stereocenters. The number of amides is 1. The number of benzene rings is 1. The van der Waals surface area contributed by atoms with Crippen LogP contribution in [0.15, 0.2) is 22.7 Å². The van der Waals surface area contributed by atoms with E-state index < -0.39 is 0 Å².